The molecule has 1 saturated heterocycles. The van der Waals surface area contributed by atoms with Crippen LogP contribution in [0, 0.1) is 6.92 Å². The highest BCUT2D eigenvalue weighted by Crippen LogP contribution is 2.30. The van der Waals surface area contributed by atoms with E-state index in [1.807, 2.05) is 49.4 Å². The molecule has 1 unspecified atom stereocenters. The molecule has 1 aliphatic heterocycles. The molecule has 2 heterocycles. The molecule has 0 bridgehead atoms. The highest BCUT2D eigenvalue weighted by molar-refractivity contribution is 7.99. The molecule has 0 radical (unpaired) electrons. The van der Waals surface area contributed by atoms with Crippen LogP contribution in [0.2, 0.25) is 0 Å². The Bertz CT molecular complexity index is 861. The Kier molecular flexibility index (Phi) is 5.22. The summed E-state index contributed by atoms with van der Waals surface area (Å²) >= 11 is 1.73. The van der Waals surface area contributed by atoms with Crippen molar-refractivity contribution < 1.29 is 9.47 Å². The van der Waals surface area contributed by atoms with Gasteiger partial charge in [-0.15, -0.1) is 10.2 Å². The Morgan fingerprint density at radius 2 is 1.92 bits per heavy atom. The van der Waals surface area contributed by atoms with E-state index in [1.165, 1.54) is 0 Å². The minimum Gasteiger partial charge on any atom is -0.485 e. The first kappa shape index (κ1) is 17.1. The third-order valence-electron chi connectivity index (χ3n) is 4.33. The van der Waals surface area contributed by atoms with E-state index >= 15 is 0 Å². The average molecular weight is 367 g/mol. The van der Waals surface area contributed by atoms with Gasteiger partial charge in [0.15, 0.2) is 11.0 Å². The molecule has 0 amide bonds. The number of hydrogen-bond donors (Lipinski definition) is 0. The molecule has 1 aliphatic rings. The van der Waals surface area contributed by atoms with Crippen molar-refractivity contribution >= 4 is 11.8 Å². The number of hydrogen-bond acceptors (Lipinski definition) is 5. The molecule has 134 valence electrons. The van der Waals surface area contributed by atoms with Gasteiger partial charge in [-0.1, -0.05) is 48.2 Å². The van der Waals surface area contributed by atoms with Crippen molar-refractivity contribution in [3.8, 4) is 11.4 Å². The summed E-state index contributed by atoms with van der Waals surface area (Å²) in [6.07, 6.45) is 1.04. The molecule has 1 aromatic heterocycles. The van der Waals surface area contributed by atoms with E-state index in [4.69, 9.17) is 9.47 Å². The van der Waals surface area contributed by atoms with Gasteiger partial charge in [0, 0.05) is 17.5 Å². The largest absolute Gasteiger partial charge is 0.485 e. The number of ether oxygens (including phenoxy) is 2. The second-order valence-electron chi connectivity index (χ2n) is 6.23. The van der Waals surface area contributed by atoms with E-state index in [0.29, 0.717) is 11.9 Å². The molecule has 0 N–H and O–H groups in total. The number of rotatable bonds is 6. The van der Waals surface area contributed by atoms with Crippen molar-refractivity contribution in [2.45, 2.75) is 30.4 Å². The summed E-state index contributed by atoms with van der Waals surface area (Å²) in [6.45, 7) is 3.99. The van der Waals surface area contributed by atoms with Crippen LogP contribution >= 0.6 is 11.8 Å². The Labute approximate surface area is 157 Å². The minimum absolute atomic E-state index is 0.370. The lowest BCUT2D eigenvalue weighted by molar-refractivity contribution is 0.199. The first-order valence-electron chi connectivity index (χ1n) is 8.74. The lowest BCUT2D eigenvalue weighted by Crippen LogP contribution is -2.09. The molecule has 3 aromatic rings. The van der Waals surface area contributed by atoms with Crippen molar-refractivity contribution in [3.05, 3.63) is 66.0 Å². The maximum Gasteiger partial charge on any atom is 0.196 e. The number of aromatic nitrogens is 3. The second-order valence-corrected chi connectivity index (χ2v) is 7.49. The molecule has 6 heteroatoms. The zero-order chi connectivity index (χ0) is 17.8. The van der Waals surface area contributed by atoms with E-state index in [0.717, 1.165) is 47.6 Å². The number of para-hydroxylation sites is 2. The van der Waals surface area contributed by atoms with E-state index in [9.17, 15) is 0 Å². The van der Waals surface area contributed by atoms with Gasteiger partial charge in [0.2, 0.25) is 0 Å². The third kappa shape index (κ3) is 3.76. The predicted octanol–water partition coefficient (Wildman–Crippen LogP) is 4.04. The zero-order valence-corrected chi connectivity index (χ0v) is 15.5. The van der Waals surface area contributed by atoms with Crippen LogP contribution in [0.5, 0.6) is 5.75 Å². The molecule has 1 atom stereocenters. The van der Waals surface area contributed by atoms with Gasteiger partial charge in [0.25, 0.3) is 0 Å². The molecular formula is C20H21N3O2S. The van der Waals surface area contributed by atoms with Crippen molar-refractivity contribution in [2.75, 3.05) is 13.2 Å². The van der Waals surface area contributed by atoms with Crippen LogP contribution in [-0.2, 0) is 11.3 Å². The maximum atomic E-state index is 6.01. The number of nitrogens with zero attached hydrogens (tertiary/aromatic N) is 3. The van der Waals surface area contributed by atoms with Crippen LogP contribution in [0.3, 0.4) is 0 Å². The predicted molar refractivity (Wildman–Crippen MR) is 102 cm³/mol. The molecule has 0 aliphatic carbocycles. The van der Waals surface area contributed by atoms with Crippen LogP contribution in [-0.4, -0.2) is 33.2 Å². The monoisotopic (exact) mass is 367 g/mol. The minimum atomic E-state index is 0.370. The summed E-state index contributed by atoms with van der Waals surface area (Å²) < 4.78 is 13.6. The van der Waals surface area contributed by atoms with Crippen LogP contribution in [0.15, 0.2) is 59.8 Å². The number of thioether (sulfide) groups is 1. The van der Waals surface area contributed by atoms with E-state index < -0.39 is 0 Å². The SMILES string of the molecule is Cc1ccccc1OCc1nnc(SC2CCOC2)n1-c1ccccc1. The normalized spacial score (nSPS) is 16.7. The highest BCUT2D eigenvalue weighted by Gasteiger charge is 2.22. The van der Waals surface area contributed by atoms with E-state index in [1.54, 1.807) is 11.8 Å². The van der Waals surface area contributed by atoms with Crippen LogP contribution < -0.4 is 4.74 Å². The molecular weight excluding hydrogens is 346 g/mol. The summed E-state index contributed by atoms with van der Waals surface area (Å²) in [4.78, 5) is 0. The topological polar surface area (TPSA) is 49.2 Å². The van der Waals surface area contributed by atoms with Crippen LogP contribution in [0.4, 0.5) is 0 Å². The molecule has 1 fully saturated rings. The van der Waals surface area contributed by atoms with Crippen molar-refractivity contribution in [3.63, 3.8) is 0 Å². The van der Waals surface area contributed by atoms with Crippen molar-refractivity contribution in [1.82, 2.24) is 14.8 Å². The molecule has 0 spiro atoms. The van der Waals surface area contributed by atoms with Gasteiger partial charge >= 0.3 is 0 Å². The van der Waals surface area contributed by atoms with E-state index in [2.05, 4.69) is 26.9 Å². The molecule has 26 heavy (non-hydrogen) atoms. The fourth-order valence-electron chi connectivity index (χ4n) is 2.92. The number of aryl methyl sites for hydroxylation is 1. The molecule has 4 rings (SSSR count). The summed E-state index contributed by atoms with van der Waals surface area (Å²) in [5.74, 6) is 1.66. The van der Waals surface area contributed by atoms with Gasteiger partial charge in [0.05, 0.1) is 6.61 Å². The highest BCUT2D eigenvalue weighted by atomic mass is 32.2. The summed E-state index contributed by atoms with van der Waals surface area (Å²) in [5.41, 5.74) is 2.15. The fraction of sp³-hybridized carbons (Fsp3) is 0.300. The summed E-state index contributed by atoms with van der Waals surface area (Å²) in [5, 5.41) is 10.1. The van der Waals surface area contributed by atoms with Gasteiger partial charge in [-0.05, 0) is 37.1 Å². The third-order valence-corrected chi connectivity index (χ3v) is 5.51. The first-order chi connectivity index (χ1) is 12.8. The lowest BCUT2D eigenvalue weighted by atomic mass is 10.2. The fourth-order valence-corrected chi connectivity index (χ4v) is 4.00. The van der Waals surface area contributed by atoms with Crippen LogP contribution in [0.1, 0.15) is 17.8 Å². The standard InChI is InChI=1S/C20H21N3O2S/c1-15-7-5-6-10-18(15)25-14-19-21-22-20(26-17-11-12-24-13-17)23(19)16-8-3-2-4-9-16/h2-10,17H,11-14H2,1H3. The van der Waals surface area contributed by atoms with Gasteiger partial charge in [-0.2, -0.15) is 0 Å². The average Bonchev–Trinajstić information content (AvgIpc) is 3.32. The Morgan fingerprint density at radius 3 is 2.69 bits per heavy atom. The quantitative estimate of drug-likeness (QED) is 0.658. The Morgan fingerprint density at radius 1 is 1.12 bits per heavy atom. The summed E-state index contributed by atoms with van der Waals surface area (Å²) in [7, 11) is 0. The van der Waals surface area contributed by atoms with Gasteiger partial charge in [-0.25, -0.2) is 0 Å². The van der Waals surface area contributed by atoms with Gasteiger partial charge in [-0.3, -0.25) is 4.57 Å². The van der Waals surface area contributed by atoms with Gasteiger partial charge < -0.3 is 9.47 Å². The molecule has 5 nitrogen and oxygen atoms in total. The second kappa shape index (κ2) is 7.93. The Balaban J connectivity index is 1.61. The molecule has 0 saturated carbocycles. The lowest BCUT2D eigenvalue weighted by Gasteiger charge is -2.13. The van der Waals surface area contributed by atoms with Gasteiger partial charge in [0.1, 0.15) is 12.4 Å². The summed E-state index contributed by atoms with van der Waals surface area (Å²) in [6, 6.07) is 18.2. The van der Waals surface area contributed by atoms with E-state index in [-0.39, 0.29) is 0 Å². The van der Waals surface area contributed by atoms with Crippen molar-refractivity contribution in [1.29, 1.82) is 0 Å². The first-order valence-corrected chi connectivity index (χ1v) is 9.62. The Hall–Kier alpha value is -2.31. The van der Waals surface area contributed by atoms with Crippen molar-refractivity contribution in [2.24, 2.45) is 0 Å². The molecule has 2 aromatic carbocycles. The smallest absolute Gasteiger partial charge is 0.196 e. The number of benzene rings is 2. The maximum absolute atomic E-state index is 6.01. The van der Waals surface area contributed by atoms with Crippen LogP contribution in [0.25, 0.3) is 5.69 Å². The zero-order valence-electron chi connectivity index (χ0n) is 14.7.